The number of carbonyl (C=O) groups excluding carboxylic acids is 1. The van der Waals surface area contributed by atoms with Gasteiger partial charge in [-0.3, -0.25) is 4.79 Å². The Bertz CT molecular complexity index is 880. The van der Waals surface area contributed by atoms with Crippen LogP contribution in [0.4, 0.5) is 0 Å². The molecule has 0 atom stereocenters. The molecule has 4 bridgehead atoms. The predicted octanol–water partition coefficient (Wildman–Crippen LogP) is 5.13. The van der Waals surface area contributed by atoms with Crippen LogP contribution in [0.5, 0.6) is 5.75 Å². The SMILES string of the molecule is Cc1nc(COc2ccc(/C=C/C(=O)NC34CC5CC(CC(C5)C3)C4)cc2)cs1. The lowest BCUT2D eigenvalue weighted by Gasteiger charge is -2.56. The number of aryl methyl sites for hydroxylation is 1. The third kappa shape index (κ3) is 4.25. The largest absolute Gasteiger partial charge is 0.487 e. The minimum Gasteiger partial charge on any atom is -0.487 e. The van der Waals surface area contributed by atoms with Crippen molar-refractivity contribution in [1.82, 2.24) is 10.3 Å². The summed E-state index contributed by atoms with van der Waals surface area (Å²) in [5, 5.41) is 6.46. The number of benzene rings is 1. The molecule has 29 heavy (non-hydrogen) atoms. The van der Waals surface area contributed by atoms with E-state index in [9.17, 15) is 4.79 Å². The Morgan fingerprint density at radius 3 is 2.41 bits per heavy atom. The quantitative estimate of drug-likeness (QED) is 0.674. The number of thiazole rings is 1. The molecule has 2 aromatic rings. The minimum atomic E-state index is 0.0474. The highest BCUT2D eigenvalue weighted by Gasteiger charge is 2.51. The fourth-order valence-corrected chi connectivity index (χ4v) is 6.64. The van der Waals surface area contributed by atoms with Crippen LogP contribution in [-0.2, 0) is 11.4 Å². The van der Waals surface area contributed by atoms with Crippen molar-refractivity contribution in [3.63, 3.8) is 0 Å². The fraction of sp³-hybridized carbons (Fsp3) is 0.500. The molecular formula is C24H28N2O2S. The summed E-state index contributed by atoms with van der Waals surface area (Å²) in [6, 6.07) is 7.85. The highest BCUT2D eigenvalue weighted by molar-refractivity contribution is 7.09. The first kappa shape index (κ1) is 18.9. The number of aromatic nitrogens is 1. The van der Waals surface area contributed by atoms with Gasteiger partial charge in [-0.25, -0.2) is 4.98 Å². The molecule has 1 aromatic carbocycles. The third-order valence-electron chi connectivity index (χ3n) is 6.79. The van der Waals surface area contributed by atoms with E-state index in [0.29, 0.717) is 6.61 Å². The fourth-order valence-electron chi connectivity index (χ4n) is 6.05. The van der Waals surface area contributed by atoms with Crippen molar-refractivity contribution in [2.45, 2.75) is 57.6 Å². The zero-order chi connectivity index (χ0) is 19.8. The minimum absolute atomic E-state index is 0.0474. The van der Waals surface area contributed by atoms with E-state index in [1.165, 1.54) is 38.5 Å². The van der Waals surface area contributed by atoms with Crippen molar-refractivity contribution in [2.75, 3.05) is 0 Å². The van der Waals surface area contributed by atoms with Gasteiger partial charge in [0.05, 0.1) is 10.7 Å². The lowest BCUT2D eigenvalue weighted by Crippen LogP contribution is -2.59. The van der Waals surface area contributed by atoms with E-state index in [2.05, 4.69) is 10.3 Å². The first-order chi connectivity index (χ1) is 14.1. The molecule has 4 aliphatic rings. The lowest BCUT2D eigenvalue weighted by molar-refractivity contribution is -0.122. The molecule has 1 aromatic heterocycles. The van der Waals surface area contributed by atoms with E-state index in [1.807, 2.05) is 42.6 Å². The van der Waals surface area contributed by atoms with Gasteiger partial charge < -0.3 is 10.1 Å². The summed E-state index contributed by atoms with van der Waals surface area (Å²) in [7, 11) is 0. The Balaban J connectivity index is 1.15. The van der Waals surface area contributed by atoms with Gasteiger partial charge in [0.1, 0.15) is 12.4 Å². The number of hydrogen-bond acceptors (Lipinski definition) is 4. The van der Waals surface area contributed by atoms with Gasteiger partial charge in [0.15, 0.2) is 0 Å². The summed E-state index contributed by atoms with van der Waals surface area (Å²) in [5.74, 6) is 3.38. The van der Waals surface area contributed by atoms with Crippen molar-refractivity contribution in [3.05, 3.63) is 52.0 Å². The first-order valence-electron chi connectivity index (χ1n) is 10.7. The Morgan fingerprint density at radius 2 is 1.83 bits per heavy atom. The summed E-state index contributed by atoms with van der Waals surface area (Å²) in [4.78, 5) is 17.0. The predicted molar refractivity (Wildman–Crippen MR) is 116 cm³/mol. The molecule has 0 saturated heterocycles. The van der Waals surface area contributed by atoms with Gasteiger partial charge in [-0.1, -0.05) is 12.1 Å². The number of ether oxygens (including phenoxy) is 1. The summed E-state index contributed by atoms with van der Waals surface area (Å²) in [6.07, 6.45) is 11.3. The molecule has 4 aliphatic carbocycles. The van der Waals surface area contributed by atoms with Gasteiger partial charge in [-0.05, 0) is 87.0 Å². The van der Waals surface area contributed by atoms with Crippen LogP contribution in [0.25, 0.3) is 6.08 Å². The molecular weight excluding hydrogens is 380 g/mol. The zero-order valence-corrected chi connectivity index (χ0v) is 17.7. The average molecular weight is 409 g/mol. The zero-order valence-electron chi connectivity index (χ0n) is 16.9. The second-order valence-corrected chi connectivity index (χ2v) is 10.3. The second kappa shape index (κ2) is 7.60. The van der Waals surface area contributed by atoms with E-state index in [1.54, 1.807) is 17.4 Å². The first-order valence-corrected chi connectivity index (χ1v) is 11.6. The maximum atomic E-state index is 12.6. The van der Waals surface area contributed by atoms with E-state index in [-0.39, 0.29) is 11.4 Å². The van der Waals surface area contributed by atoms with E-state index < -0.39 is 0 Å². The molecule has 1 amide bonds. The van der Waals surface area contributed by atoms with Crippen LogP contribution < -0.4 is 10.1 Å². The number of nitrogens with one attached hydrogen (secondary N) is 1. The van der Waals surface area contributed by atoms with E-state index >= 15 is 0 Å². The maximum absolute atomic E-state index is 12.6. The van der Waals surface area contributed by atoms with Crippen LogP contribution in [0.15, 0.2) is 35.7 Å². The molecule has 1 N–H and O–H groups in total. The Kier molecular flexibility index (Phi) is 4.94. The van der Waals surface area contributed by atoms with Gasteiger partial charge >= 0.3 is 0 Å². The number of amides is 1. The molecule has 5 heteroatoms. The summed E-state index contributed by atoms with van der Waals surface area (Å²) < 4.78 is 5.79. The maximum Gasteiger partial charge on any atom is 0.244 e. The topological polar surface area (TPSA) is 51.2 Å². The summed E-state index contributed by atoms with van der Waals surface area (Å²) in [6.45, 7) is 2.47. The van der Waals surface area contributed by atoms with Crippen LogP contribution in [0.2, 0.25) is 0 Å². The number of hydrogen-bond donors (Lipinski definition) is 1. The molecule has 152 valence electrons. The van der Waals surface area contributed by atoms with Crippen molar-refractivity contribution >= 4 is 23.3 Å². The standard InChI is InChI=1S/C24H28N2O2S/c1-16-25-21(15-29-16)14-28-22-5-2-17(3-6-22)4-7-23(27)26-24-11-18-8-19(12-24)10-20(9-18)13-24/h2-7,15,18-20H,8-14H2,1H3,(H,26,27)/b7-4+. The molecule has 4 fully saturated rings. The van der Waals surface area contributed by atoms with Crippen LogP contribution >= 0.6 is 11.3 Å². The summed E-state index contributed by atoms with van der Waals surface area (Å²) >= 11 is 1.63. The second-order valence-electron chi connectivity index (χ2n) is 9.24. The van der Waals surface area contributed by atoms with Crippen LogP contribution in [-0.4, -0.2) is 16.4 Å². The van der Waals surface area contributed by atoms with Crippen molar-refractivity contribution in [2.24, 2.45) is 17.8 Å². The average Bonchev–Trinajstić information content (AvgIpc) is 3.09. The third-order valence-corrected chi connectivity index (χ3v) is 7.61. The van der Waals surface area contributed by atoms with Crippen LogP contribution in [0, 0.1) is 24.7 Å². The molecule has 0 unspecified atom stereocenters. The van der Waals surface area contributed by atoms with Gasteiger partial charge in [0.2, 0.25) is 5.91 Å². The van der Waals surface area contributed by atoms with Crippen LogP contribution in [0.3, 0.4) is 0 Å². The van der Waals surface area contributed by atoms with Crippen LogP contribution in [0.1, 0.15) is 54.8 Å². The van der Waals surface area contributed by atoms with Gasteiger partial charge in [-0.15, -0.1) is 11.3 Å². The van der Waals surface area contributed by atoms with Crippen molar-refractivity contribution < 1.29 is 9.53 Å². The summed E-state index contributed by atoms with van der Waals surface area (Å²) in [5.41, 5.74) is 2.03. The van der Waals surface area contributed by atoms with Crippen molar-refractivity contribution in [3.8, 4) is 5.75 Å². The van der Waals surface area contributed by atoms with E-state index in [0.717, 1.165) is 39.8 Å². The highest BCUT2D eigenvalue weighted by Crippen LogP contribution is 2.55. The smallest absolute Gasteiger partial charge is 0.244 e. The molecule has 4 nitrogen and oxygen atoms in total. The van der Waals surface area contributed by atoms with Gasteiger partial charge in [0, 0.05) is 17.0 Å². The van der Waals surface area contributed by atoms with Gasteiger partial charge in [0.25, 0.3) is 0 Å². The molecule has 6 rings (SSSR count). The number of carbonyl (C=O) groups is 1. The molecule has 4 saturated carbocycles. The van der Waals surface area contributed by atoms with Crippen molar-refractivity contribution in [1.29, 1.82) is 0 Å². The molecule has 0 aliphatic heterocycles. The number of rotatable bonds is 6. The normalized spacial score (nSPS) is 30.0. The van der Waals surface area contributed by atoms with Gasteiger partial charge in [-0.2, -0.15) is 0 Å². The highest BCUT2D eigenvalue weighted by atomic mass is 32.1. The van der Waals surface area contributed by atoms with E-state index in [4.69, 9.17) is 4.74 Å². The molecule has 0 spiro atoms. The Morgan fingerprint density at radius 1 is 1.17 bits per heavy atom. The lowest BCUT2D eigenvalue weighted by atomic mass is 9.53. The Hall–Kier alpha value is -2.14. The number of nitrogens with zero attached hydrogens (tertiary/aromatic N) is 1. The monoisotopic (exact) mass is 408 g/mol. The molecule has 0 radical (unpaired) electrons. The Labute approximate surface area is 176 Å². The molecule has 1 heterocycles.